The standard InChI is InChI=1S/C24H24N4O3/c1-24(2,3)31-22(29)15-28-21(27-20(23(28)30)12-16-10-11-25-13-16)9-8-17-14-26-19-7-5-4-6-18(17)19/h4-14,25,27H,15H2,1-3H3/b17-8?,20-12-,21-9?. The number of hydrogen-bond donors (Lipinski definition) is 2. The molecule has 0 fully saturated rings. The minimum atomic E-state index is -0.632. The molecule has 3 aromatic rings. The minimum absolute atomic E-state index is 0.187. The molecule has 31 heavy (non-hydrogen) atoms. The Morgan fingerprint density at radius 3 is 2.74 bits per heavy atom. The van der Waals surface area contributed by atoms with Crippen molar-refractivity contribution in [1.29, 1.82) is 0 Å². The topological polar surface area (TPSA) is 92.2 Å². The number of rotatable bonds is 4. The van der Waals surface area contributed by atoms with E-state index in [1.165, 1.54) is 4.57 Å². The van der Waals surface area contributed by atoms with E-state index in [2.05, 4.69) is 15.0 Å². The number of benzene rings is 1. The fraction of sp³-hybridized carbons (Fsp3) is 0.208. The van der Waals surface area contributed by atoms with Gasteiger partial charge >= 0.3 is 5.97 Å². The largest absolute Gasteiger partial charge is 0.459 e. The maximum Gasteiger partial charge on any atom is 0.326 e. The SMILES string of the molecule is CC(C)(C)OC(=O)Cn1c(=CC=C2C=Nc3ccccc32)[nH]/c(=C\c2cc[nH]c2)c1=O. The number of allylic oxidation sites excluding steroid dienone is 2. The van der Waals surface area contributed by atoms with Crippen LogP contribution in [0.1, 0.15) is 31.9 Å². The van der Waals surface area contributed by atoms with Crippen LogP contribution in [0, 0.1) is 0 Å². The van der Waals surface area contributed by atoms with Crippen LogP contribution < -0.4 is 16.4 Å². The smallest absolute Gasteiger partial charge is 0.326 e. The molecule has 0 spiro atoms. The molecule has 2 N–H and O–H groups in total. The first-order chi connectivity index (χ1) is 14.8. The normalized spacial score (nSPS) is 15.6. The number of nitrogens with zero attached hydrogens (tertiary/aromatic N) is 2. The Hall–Kier alpha value is -3.87. The molecule has 1 aromatic carbocycles. The van der Waals surface area contributed by atoms with E-state index in [1.807, 2.05) is 36.4 Å². The molecule has 4 rings (SSSR count). The van der Waals surface area contributed by atoms with E-state index < -0.39 is 11.6 Å². The summed E-state index contributed by atoms with van der Waals surface area (Å²) in [5, 5.41) is 0.383. The van der Waals surface area contributed by atoms with Crippen molar-refractivity contribution in [2.45, 2.75) is 32.9 Å². The first-order valence-electron chi connectivity index (χ1n) is 10.0. The molecule has 158 valence electrons. The van der Waals surface area contributed by atoms with E-state index in [0.717, 1.165) is 22.4 Å². The van der Waals surface area contributed by atoms with Crippen LogP contribution in [-0.4, -0.2) is 32.3 Å². The second-order valence-electron chi connectivity index (χ2n) is 8.25. The first kappa shape index (κ1) is 20.4. The van der Waals surface area contributed by atoms with Crippen LogP contribution in [0.5, 0.6) is 0 Å². The zero-order valence-corrected chi connectivity index (χ0v) is 17.7. The number of carbonyl (C=O) groups is 1. The predicted octanol–water partition coefficient (Wildman–Crippen LogP) is 2.25. The molecule has 0 atom stereocenters. The first-order valence-corrected chi connectivity index (χ1v) is 10.0. The number of nitrogens with one attached hydrogen (secondary N) is 2. The number of carbonyl (C=O) groups excluding carboxylic acids is 1. The second-order valence-corrected chi connectivity index (χ2v) is 8.25. The van der Waals surface area contributed by atoms with Crippen molar-refractivity contribution in [2.24, 2.45) is 4.99 Å². The van der Waals surface area contributed by atoms with Crippen molar-refractivity contribution in [1.82, 2.24) is 14.5 Å². The predicted molar refractivity (Wildman–Crippen MR) is 122 cm³/mol. The van der Waals surface area contributed by atoms with Crippen molar-refractivity contribution in [3.8, 4) is 0 Å². The molecule has 7 nitrogen and oxygen atoms in total. The fourth-order valence-corrected chi connectivity index (χ4v) is 3.34. The van der Waals surface area contributed by atoms with Gasteiger partial charge in [-0.25, -0.2) is 0 Å². The van der Waals surface area contributed by atoms with Gasteiger partial charge in [-0.3, -0.25) is 19.1 Å². The Balaban J connectivity index is 1.78. The average molecular weight is 416 g/mol. The molecular formula is C24H24N4O3. The van der Waals surface area contributed by atoms with Crippen molar-refractivity contribution >= 4 is 35.6 Å². The van der Waals surface area contributed by atoms with E-state index in [9.17, 15) is 9.59 Å². The van der Waals surface area contributed by atoms with Gasteiger partial charge in [0.25, 0.3) is 5.56 Å². The zero-order valence-electron chi connectivity index (χ0n) is 17.7. The van der Waals surface area contributed by atoms with Crippen LogP contribution in [0.15, 0.2) is 58.6 Å². The van der Waals surface area contributed by atoms with Gasteiger partial charge < -0.3 is 14.7 Å². The van der Waals surface area contributed by atoms with Crippen LogP contribution in [0.2, 0.25) is 0 Å². The van der Waals surface area contributed by atoms with Gasteiger partial charge in [-0.2, -0.15) is 0 Å². The molecule has 0 unspecified atom stereocenters. The summed E-state index contributed by atoms with van der Waals surface area (Å²) in [6.07, 6.45) is 10.8. The van der Waals surface area contributed by atoms with Gasteiger partial charge in [-0.15, -0.1) is 0 Å². The molecule has 7 heteroatoms. The van der Waals surface area contributed by atoms with Crippen molar-refractivity contribution in [3.63, 3.8) is 0 Å². The van der Waals surface area contributed by atoms with E-state index in [-0.39, 0.29) is 12.1 Å². The van der Waals surface area contributed by atoms with Crippen molar-refractivity contribution < 1.29 is 9.53 Å². The third-order valence-electron chi connectivity index (χ3n) is 4.65. The summed E-state index contributed by atoms with van der Waals surface area (Å²) < 4.78 is 6.80. The number of aromatic amines is 2. The van der Waals surface area contributed by atoms with E-state index in [1.54, 1.807) is 51.5 Å². The summed E-state index contributed by atoms with van der Waals surface area (Å²) in [4.78, 5) is 35.9. The Morgan fingerprint density at radius 1 is 1.19 bits per heavy atom. The quantitative estimate of drug-likeness (QED) is 0.639. The third kappa shape index (κ3) is 4.66. The molecular weight excluding hydrogens is 392 g/mol. The lowest BCUT2D eigenvalue weighted by Gasteiger charge is -2.19. The lowest BCUT2D eigenvalue weighted by atomic mass is 10.1. The van der Waals surface area contributed by atoms with Crippen LogP contribution in [0.3, 0.4) is 0 Å². The summed E-state index contributed by atoms with van der Waals surface area (Å²) in [6, 6.07) is 9.70. The Labute approximate surface area is 179 Å². The van der Waals surface area contributed by atoms with Crippen LogP contribution in [-0.2, 0) is 16.1 Å². The molecule has 0 radical (unpaired) electrons. The maximum atomic E-state index is 13.0. The highest BCUT2D eigenvalue weighted by Gasteiger charge is 2.18. The van der Waals surface area contributed by atoms with Crippen LogP contribution in [0.4, 0.5) is 5.69 Å². The highest BCUT2D eigenvalue weighted by molar-refractivity contribution is 6.17. The van der Waals surface area contributed by atoms with Gasteiger partial charge in [0.1, 0.15) is 23.0 Å². The van der Waals surface area contributed by atoms with Crippen molar-refractivity contribution in [2.75, 3.05) is 0 Å². The number of fused-ring (bicyclic) bond motifs is 1. The lowest BCUT2D eigenvalue weighted by molar-refractivity contribution is -0.155. The Kier molecular flexibility index (Phi) is 5.33. The number of para-hydroxylation sites is 1. The lowest BCUT2D eigenvalue weighted by Crippen LogP contribution is -2.36. The van der Waals surface area contributed by atoms with Gasteiger partial charge in [0, 0.05) is 29.7 Å². The number of hydrogen-bond acceptors (Lipinski definition) is 4. The molecule has 0 saturated heterocycles. The maximum absolute atomic E-state index is 13.0. The molecule has 0 bridgehead atoms. The summed E-state index contributed by atoms with van der Waals surface area (Å²) in [6.45, 7) is 5.20. The number of aliphatic imine (C=N–C) groups is 1. The van der Waals surface area contributed by atoms with E-state index in [4.69, 9.17) is 4.74 Å². The number of aromatic nitrogens is 3. The minimum Gasteiger partial charge on any atom is -0.459 e. The summed E-state index contributed by atoms with van der Waals surface area (Å²) >= 11 is 0. The molecule has 1 aliphatic rings. The number of ether oxygens (including phenoxy) is 1. The molecule has 0 aliphatic carbocycles. The zero-order chi connectivity index (χ0) is 22.0. The van der Waals surface area contributed by atoms with E-state index >= 15 is 0 Å². The molecule has 0 saturated carbocycles. The van der Waals surface area contributed by atoms with Gasteiger partial charge in [-0.1, -0.05) is 18.2 Å². The monoisotopic (exact) mass is 416 g/mol. The summed E-state index contributed by atoms with van der Waals surface area (Å²) in [5.41, 5.74) is 3.28. The summed E-state index contributed by atoms with van der Waals surface area (Å²) in [7, 11) is 0. The van der Waals surface area contributed by atoms with Crippen LogP contribution in [0.25, 0.3) is 17.7 Å². The van der Waals surface area contributed by atoms with Gasteiger partial charge in [0.2, 0.25) is 0 Å². The summed E-state index contributed by atoms with van der Waals surface area (Å²) in [5.74, 6) is -0.475. The molecule has 3 heterocycles. The number of H-pyrrole nitrogens is 2. The molecule has 0 amide bonds. The Morgan fingerprint density at radius 2 is 2.00 bits per heavy atom. The number of esters is 1. The van der Waals surface area contributed by atoms with E-state index in [0.29, 0.717) is 10.8 Å². The van der Waals surface area contributed by atoms with Crippen LogP contribution >= 0.6 is 0 Å². The average Bonchev–Trinajstić information content (AvgIpc) is 3.42. The third-order valence-corrected chi connectivity index (χ3v) is 4.65. The molecule has 2 aromatic heterocycles. The Bertz CT molecular complexity index is 1350. The van der Waals surface area contributed by atoms with Gasteiger partial charge in [-0.05, 0) is 56.7 Å². The number of imidazole rings is 1. The fourth-order valence-electron chi connectivity index (χ4n) is 3.34. The van der Waals surface area contributed by atoms with Gasteiger partial charge in [0.05, 0.1) is 5.69 Å². The highest BCUT2D eigenvalue weighted by atomic mass is 16.6. The van der Waals surface area contributed by atoms with Crippen molar-refractivity contribution in [3.05, 3.63) is 81.1 Å². The highest BCUT2D eigenvalue weighted by Crippen LogP contribution is 2.30. The molecule has 1 aliphatic heterocycles. The van der Waals surface area contributed by atoms with Gasteiger partial charge in [0.15, 0.2) is 0 Å². The second kappa shape index (κ2) is 8.10.